The Hall–Kier alpha value is -2.97. The Morgan fingerprint density at radius 2 is 1.91 bits per heavy atom. The Morgan fingerprint density at radius 3 is 2.74 bits per heavy atom. The van der Waals surface area contributed by atoms with Gasteiger partial charge < -0.3 is 14.5 Å². The Morgan fingerprint density at radius 1 is 1.09 bits per heavy atom. The lowest BCUT2D eigenvalue weighted by molar-refractivity contribution is 0.396. The first-order chi connectivity index (χ1) is 11.3. The van der Waals surface area contributed by atoms with Crippen molar-refractivity contribution in [1.29, 1.82) is 0 Å². The first-order valence-corrected chi connectivity index (χ1v) is 7.36. The van der Waals surface area contributed by atoms with Crippen LogP contribution in [0.25, 0.3) is 11.0 Å². The van der Waals surface area contributed by atoms with Gasteiger partial charge >= 0.3 is 0 Å². The second-order valence-electron chi connectivity index (χ2n) is 5.20. The van der Waals surface area contributed by atoms with E-state index in [4.69, 9.17) is 4.74 Å². The molecule has 0 unspecified atom stereocenters. The third-order valence-corrected chi connectivity index (χ3v) is 3.92. The first-order valence-electron chi connectivity index (χ1n) is 7.36. The second-order valence-corrected chi connectivity index (χ2v) is 5.20. The summed E-state index contributed by atoms with van der Waals surface area (Å²) in [6, 6.07) is 1.75. The molecule has 1 fully saturated rings. The normalized spacial score (nSPS) is 15.2. The molecule has 0 radical (unpaired) electrons. The van der Waals surface area contributed by atoms with Crippen LogP contribution in [0.5, 0.6) is 5.88 Å². The zero-order valence-electron chi connectivity index (χ0n) is 12.7. The van der Waals surface area contributed by atoms with Gasteiger partial charge in [-0.05, 0) is 0 Å². The molecule has 1 saturated heterocycles. The van der Waals surface area contributed by atoms with Crippen LogP contribution < -0.4 is 14.5 Å². The third-order valence-electron chi connectivity index (χ3n) is 3.92. The minimum Gasteiger partial charge on any atom is -0.481 e. The van der Waals surface area contributed by atoms with Gasteiger partial charge in [-0.2, -0.15) is 10.1 Å². The number of piperazine rings is 1. The smallest absolute Gasteiger partial charge is 0.228 e. The van der Waals surface area contributed by atoms with Crippen molar-refractivity contribution in [2.24, 2.45) is 0 Å². The molecule has 0 amide bonds. The lowest BCUT2D eigenvalue weighted by atomic mass is 10.3. The molecule has 0 bridgehead atoms. The summed E-state index contributed by atoms with van der Waals surface area (Å²) < 4.78 is 5.16. The zero-order valence-corrected chi connectivity index (χ0v) is 12.7. The molecule has 1 aliphatic rings. The molecular weight excluding hydrogens is 296 g/mol. The third kappa shape index (κ3) is 2.50. The molecule has 0 aliphatic carbocycles. The van der Waals surface area contributed by atoms with Crippen molar-refractivity contribution < 1.29 is 4.74 Å². The Bertz CT molecular complexity index is 811. The van der Waals surface area contributed by atoms with E-state index < -0.39 is 0 Å². The summed E-state index contributed by atoms with van der Waals surface area (Å²) in [6.45, 7) is 3.29. The highest BCUT2D eigenvalue weighted by Gasteiger charge is 2.22. The summed E-state index contributed by atoms with van der Waals surface area (Å²) in [7, 11) is 1.61. The van der Waals surface area contributed by atoms with E-state index in [0.29, 0.717) is 11.8 Å². The van der Waals surface area contributed by atoms with Crippen molar-refractivity contribution in [3.05, 3.63) is 24.8 Å². The highest BCUT2D eigenvalue weighted by Crippen LogP contribution is 2.23. The largest absolute Gasteiger partial charge is 0.481 e. The zero-order chi connectivity index (χ0) is 15.6. The van der Waals surface area contributed by atoms with Crippen LogP contribution in [0.3, 0.4) is 0 Å². The Kier molecular flexibility index (Phi) is 3.37. The summed E-state index contributed by atoms with van der Waals surface area (Å²) in [5, 5.41) is 7.86. The van der Waals surface area contributed by atoms with Gasteiger partial charge in [0.1, 0.15) is 12.1 Å². The molecule has 3 aromatic rings. The number of methoxy groups -OCH3 is 1. The van der Waals surface area contributed by atoms with Gasteiger partial charge in [-0.25, -0.2) is 15.0 Å². The van der Waals surface area contributed by atoms with Gasteiger partial charge in [-0.15, -0.1) is 0 Å². The van der Waals surface area contributed by atoms with E-state index in [9.17, 15) is 0 Å². The average molecular weight is 312 g/mol. The number of H-pyrrole nitrogens is 1. The summed E-state index contributed by atoms with van der Waals surface area (Å²) in [5.41, 5.74) is 0.758. The maximum atomic E-state index is 5.16. The standard InChI is InChI=1S/C14H16N8O/c1-23-11-2-3-15-14(19-11)22-6-4-21(5-7-22)13-10-8-18-20-12(10)16-9-17-13/h2-3,8-9H,4-7H2,1H3,(H,16,17,18,20). The van der Waals surface area contributed by atoms with Crippen molar-refractivity contribution in [3.63, 3.8) is 0 Å². The summed E-state index contributed by atoms with van der Waals surface area (Å²) >= 11 is 0. The quantitative estimate of drug-likeness (QED) is 0.746. The van der Waals surface area contributed by atoms with Gasteiger partial charge in [0, 0.05) is 38.4 Å². The molecular formula is C14H16N8O. The number of rotatable bonds is 3. The number of fused-ring (bicyclic) bond motifs is 1. The molecule has 1 N–H and O–H groups in total. The number of nitrogens with one attached hydrogen (secondary N) is 1. The van der Waals surface area contributed by atoms with Crippen molar-refractivity contribution in [1.82, 2.24) is 30.1 Å². The van der Waals surface area contributed by atoms with E-state index in [1.54, 1.807) is 31.9 Å². The lowest BCUT2D eigenvalue weighted by Gasteiger charge is -2.35. The number of anilines is 2. The van der Waals surface area contributed by atoms with Gasteiger partial charge in [0.2, 0.25) is 11.8 Å². The van der Waals surface area contributed by atoms with Gasteiger partial charge in [0.15, 0.2) is 5.65 Å². The van der Waals surface area contributed by atoms with E-state index in [1.165, 1.54) is 0 Å². The minimum atomic E-state index is 0.577. The molecule has 3 aromatic heterocycles. The topological polar surface area (TPSA) is 96.0 Å². The monoisotopic (exact) mass is 312 g/mol. The van der Waals surface area contributed by atoms with E-state index >= 15 is 0 Å². The predicted molar refractivity (Wildman–Crippen MR) is 84.7 cm³/mol. The first kappa shape index (κ1) is 13.7. The molecule has 0 atom stereocenters. The minimum absolute atomic E-state index is 0.577. The fourth-order valence-electron chi connectivity index (χ4n) is 2.72. The number of ether oxygens (including phenoxy) is 1. The number of nitrogens with zero attached hydrogens (tertiary/aromatic N) is 7. The molecule has 4 rings (SSSR count). The Labute approximate surface area is 132 Å². The van der Waals surface area contributed by atoms with Gasteiger partial charge in [-0.3, -0.25) is 5.10 Å². The molecule has 9 heteroatoms. The summed E-state index contributed by atoms with van der Waals surface area (Å²) in [4.78, 5) is 21.7. The maximum absolute atomic E-state index is 5.16. The number of aromatic nitrogens is 6. The molecule has 23 heavy (non-hydrogen) atoms. The van der Waals surface area contributed by atoms with Gasteiger partial charge in [0.05, 0.1) is 18.7 Å². The van der Waals surface area contributed by atoms with Crippen LogP contribution in [0.15, 0.2) is 24.8 Å². The maximum Gasteiger partial charge on any atom is 0.228 e. The van der Waals surface area contributed by atoms with Crippen molar-refractivity contribution in [2.75, 3.05) is 43.1 Å². The Balaban J connectivity index is 1.51. The van der Waals surface area contributed by atoms with E-state index in [1.807, 2.05) is 0 Å². The highest BCUT2D eigenvalue weighted by atomic mass is 16.5. The van der Waals surface area contributed by atoms with Crippen LogP contribution in [0.2, 0.25) is 0 Å². The molecule has 9 nitrogen and oxygen atoms in total. The highest BCUT2D eigenvalue weighted by molar-refractivity contribution is 5.86. The van der Waals surface area contributed by atoms with Crippen LogP contribution >= 0.6 is 0 Å². The predicted octanol–water partition coefficient (Wildman–Crippen LogP) is 0.478. The van der Waals surface area contributed by atoms with E-state index in [-0.39, 0.29) is 0 Å². The lowest BCUT2D eigenvalue weighted by Crippen LogP contribution is -2.47. The summed E-state index contributed by atoms with van der Waals surface area (Å²) in [5.74, 6) is 2.18. The van der Waals surface area contributed by atoms with Crippen molar-refractivity contribution in [2.45, 2.75) is 0 Å². The van der Waals surface area contributed by atoms with E-state index in [0.717, 1.165) is 43.0 Å². The average Bonchev–Trinajstić information content (AvgIpc) is 3.11. The number of hydrogen-bond acceptors (Lipinski definition) is 8. The molecule has 0 saturated carbocycles. The van der Waals surface area contributed by atoms with Gasteiger partial charge in [-0.1, -0.05) is 0 Å². The number of aromatic amines is 1. The fourth-order valence-corrected chi connectivity index (χ4v) is 2.72. The molecule has 4 heterocycles. The van der Waals surface area contributed by atoms with Crippen LogP contribution in [0.4, 0.5) is 11.8 Å². The van der Waals surface area contributed by atoms with Crippen molar-refractivity contribution in [3.8, 4) is 5.88 Å². The molecule has 118 valence electrons. The van der Waals surface area contributed by atoms with Crippen LogP contribution in [0.1, 0.15) is 0 Å². The molecule has 1 aliphatic heterocycles. The second kappa shape index (κ2) is 5.67. The van der Waals surface area contributed by atoms with Crippen LogP contribution in [0, 0.1) is 0 Å². The molecule has 0 spiro atoms. The van der Waals surface area contributed by atoms with Crippen LogP contribution in [-0.4, -0.2) is 63.4 Å². The van der Waals surface area contributed by atoms with E-state index in [2.05, 4.69) is 39.9 Å². The van der Waals surface area contributed by atoms with Crippen LogP contribution in [-0.2, 0) is 0 Å². The number of hydrogen-bond donors (Lipinski definition) is 1. The summed E-state index contributed by atoms with van der Waals surface area (Å²) in [6.07, 6.45) is 5.04. The van der Waals surface area contributed by atoms with Crippen molar-refractivity contribution >= 4 is 22.8 Å². The SMILES string of the molecule is COc1ccnc(N2CCN(c3ncnc4[nH]ncc34)CC2)n1. The van der Waals surface area contributed by atoms with Gasteiger partial charge in [0.25, 0.3) is 0 Å². The fraction of sp³-hybridized carbons (Fsp3) is 0.357. The molecule has 0 aromatic carbocycles.